The van der Waals surface area contributed by atoms with Crippen molar-refractivity contribution in [2.75, 3.05) is 12.7 Å². The standard InChI is InChI=1S/C26H26NO4P/c1-20(31-26(30)27-18-17-24(27)25(28)29)19-32(21-11-5-2-6-12-21,22-13-7-3-8-14-22)23-15-9-4-10-16-23/h2-16,20,24H,17-19H2,1H3/p+1. The van der Waals surface area contributed by atoms with Crippen LogP contribution in [-0.2, 0) is 9.53 Å². The smallest absolute Gasteiger partial charge is 0.410 e. The van der Waals surface area contributed by atoms with Crippen LogP contribution in [0.3, 0.4) is 0 Å². The van der Waals surface area contributed by atoms with Crippen LogP contribution in [0.15, 0.2) is 91.0 Å². The molecule has 2 unspecified atom stereocenters. The van der Waals surface area contributed by atoms with Crippen LogP contribution in [0, 0.1) is 0 Å². The van der Waals surface area contributed by atoms with E-state index in [4.69, 9.17) is 4.74 Å². The van der Waals surface area contributed by atoms with Gasteiger partial charge in [-0.15, -0.1) is 0 Å². The number of nitrogens with zero attached hydrogens (tertiary/aromatic N) is 1. The SMILES string of the molecule is CC(C[P+](c1ccccc1)(c1ccccc1)c1ccccc1)OC(=O)N1CCC1C(=O)O. The van der Waals surface area contributed by atoms with Crippen molar-refractivity contribution in [1.29, 1.82) is 0 Å². The molecule has 4 rings (SSSR count). The van der Waals surface area contributed by atoms with E-state index in [9.17, 15) is 14.7 Å². The quantitative estimate of drug-likeness (QED) is 0.560. The molecular weight excluding hydrogens is 421 g/mol. The van der Waals surface area contributed by atoms with E-state index in [1.54, 1.807) is 0 Å². The maximum absolute atomic E-state index is 12.7. The Morgan fingerprint density at radius 3 is 1.69 bits per heavy atom. The predicted octanol–water partition coefficient (Wildman–Crippen LogP) is 3.66. The lowest BCUT2D eigenvalue weighted by Crippen LogP contribution is -2.55. The van der Waals surface area contributed by atoms with Gasteiger partial charge in [-0.05, 0) is 49.7 Å². The van der Waals surface area contributed by atoms with Crippen LogP contribution in [0.25, 0.3) is 0 Å². The molecule has 3 aromatic rings. The van der Waals surface area contributed by atoms with Gasteiger partial charge in [0.05, 0.1) is 0 Å². The number of hydrogen-bond donors (Lipinski definition) is 1. The minimum Gasteiger partial charge on any atom is -0.480 e. The largest absolute Gasteiger partial charge is 0.480 e. The van der Waals surface area contributed by atoms with Gasteiger partial charge in [0.25, 0.3) is 0 Å². The average molecular weight is 448 g/mol. The summed E-state index contributed by atoms with van der Waals surface area (Å²) in [5, 5.41) is 12.9. The molecule has 1 fully saturated rings. The van der Waals surface area contributed by atoms with E-state index in [2.05, 4.69) is 36.4 Å². The third-order valence-electron chi connectivity index (χ3n) is 5.96. The number of ether oxygens (including phenoxy) is 1. The molecule has 2 atom stereocenters. The van der Waals surface area contributed by atoms with Crippen molar-refractivity contribution in [3.8, 4) is 0 Å². The number of carboxylic acid groups (broad SMARTS) is 1. The summed E-state index contributed by atoms with van der Waals surface area (Å²) in [5.74, 6) is -0.986. The highest BCUT2D eigenvalue weighted by Gasteiger charge is 2.48. The molecule has 32 heavy (non-hydrogen) atoms. The fourth-order valence-electron chi connectivity index (χ4n) is 4.34. The van der Waals surface area contributed by atoms with E-state index in [-0.39, 0.29) is 0 Å². The van der Waals surface area contributed by atoms with Gasteiger partial charge in [0.15, 0.2) is 0 Å². The zero-order valence-corrected chi connectivity index (χ0v) is 18.9. The van der Waals surface area contributed by atoms with E-state index in [0.29, 0.717) is 19.1 Å². The monoisotopic (exact) mass is 448 g/mol. The Labute approximate surface area is 189 Å². The Bertz CT molecular complexity index is 962. The summed E-state index contributed by atoms with van der Waals surface area (Å²) in [5.41, 5.74) is 0. The molecule has 1 amide bonds. The lowest BCUT2D eigenvalue weighted by molar-refractivity contribution is -0.147. The second kappa shape index (κ2) is 9.54. The Morgan fingerprint density at radius 1 is 0.906 bits per heavy atom. The van der Waals surface area contributed by atoms with E-state index >= 15 is 0 Å². The second-order valence-corrected chi connectivity index (χ2v) is 11.6. The molecular formula is C26H27NO4P+. The molecule has 0 spiro atoms. The van der Waals surface area contributed by atoms with Crippen LogP contribution >= 0.6 is 7.26 Å². The number of likely N-dealkylation sites (tertiary alicyclic amines) is 1. The zero-order valence-electron chi connectivity index (χ0n) is 18.0. The molecule has 5 nitrogen and oxygen atoms in total. The second-order valence-electron chi connectivity index (χ2n) is 8.03. The highest BCUT2D eigenvalue weighted by atomic mass is 31.2. The molecule has 6 heteroatoms. The van der Waals surface area contributed by atoms with Gasteiger partial charge in [-0.1, -0.05) is 54.6 Å². The first-order chi connectivity index (χ1) is 15.5. The predicted molar refractivity (Wildman–Crippen MR) is 129 cm³/mol. The molecule has 0 bridgehead atoms. The highest BCUT2D eigenvalue weighted by Crippen LogP contribution is 2.56. The summed E-state index contributed by atoms with van der Waals surface area (Å²) in [6, 6.07) is 30.4. The summed E-state index contributed by atoms with van der Waals surface area (Å²) in [4.78, 5) is 25.3. The average Bonchev–Trinajstić information content (AvgIpc) is 2.78. The lowest BCUT2D eigenvalue weighted by Gasteiger charge is -2.38. The van der Waals surface area contributed by atoms with Gasteiger partial charge >= 0.3 is 12.1 Å². The minimum absolute atomic E-state index is 0.397. The number of benzene rings is 3. The minimum atomic E-state index is -2.13. The molecule has 3 aromatic carbocycles. The number of hydrogen-bond acceptors (Lipinski definition) is 3. The number of rotatable bonds is 7. The number of carbonyl (C=O) groups excluding carboxylic acids is 1. The van der Waals surface area contributed by atoms with E-state index in [1.807, 2.05) is 61.5 Å². The molecule has 1 N–H and O–H groups in total. The molecule has 0 radical (unpaired) electrons. The normalized spacial score (nSPS) is 16.7. The van der Waals surface area contributed by atoms with Gasteiger partial charge in [0, 0.05) is 6.54 Å². The van der Waals surface area contributed by atoms with Crippen molar-refractivity contribution >= 4 is 35.2 Å². The van der Waals surface area contributed by atoms with Crippen LogP contribution < -0.4 is 15.9 Å². The highest BCUT2D eigenvalue weighted by molar-refractivity contribution is 7.95. The van der Waals surface area contributed by atoms with Crippen LogP contribution in [0.5, 0.6) is 0 Å². The molecule has 0 aliphatic carbocycles. The van der Waals surface area contributed by atoms with Gasteiger partial charge in [-0.25, -0.2) is 9.59 Å². The molecule has 1 heterocycles. The van der Waals surface area contributed by atoms with Crippen molar-refractivity contribution in [3.05, 3.63) is 91.0 Å². The van der Waals surface area contributed by atoms with Gasteiger partial charge in [0.2, 0.25) is 0 Å². The van der Waals surface area contributed by atoms with Gasteiger partial charge in [-0.3, -0.25) is 4.90 Å². The third-order valence-corrected chi connectivity index (χ3v) is 10.6. The first kappa shape index (κ1) is 22.0. The van der Waals surface area contributed by atoms with Crippen molar-refractivity contribution < 1.29 is 19.4 Å². The van der Waals surface area contributed by atoms with Crippen LogP contribution in [0.4, 0.5) is 4.79 Å². The molecule has 1 aliphatic heterocycles. The number of carbonyl (C=O) groups is 2. The first-order valence-electron chi connectivity index (χ1n) is 10.8. The Morgan fingerprint density at radius 2 is 1.34 bits per heavy atom. The molecule has 0 saturated carbocycles. The fourth-order valence-corrected chi connectivity index (χ4v) is 8.75. The van der Waals surface area contributed by atoms with Crippen LogP contribution in [-0.4, -0.2) is 46.9 Å². The summed E-state index contributed by atoms with van der Waals surface area (Å²) >= 11 is 0. The summed E-state index contributed by atoms with van der Waals surface area (Å²) in [7, 11) is -2.13. The van der Waals surface area contributed by atoms with Gasteiger partial charge < -0.3 is 9.84 Å². The van der Waals surface area contributed by atoms with Crippen molar-refractivity contribution in [2.24, 2.45) is 0 Å². The van der Waals surface area contributed by atoms with E-state index < -0.39 is 31.5 Å². The van der Waals surface area contributed by atoms with Crippen molar-refractivity contribution in [2.45, 2.75) is 25.5 Å². The van der Waals surface area contributed by atoms with Crippen molar-refractivity contribution in [3.63, 3.8) is 0 Å². The third kappa shape index (κ3) is 4.26. The molecule has 1 aliphatic rings. The lowest BCUT2D eigenvalue weighted by atomic mass is 10.1. The van der Waals surface area contributed by atoms with Crippen LogP contribution in [0.1, 0.15) is 13.3 Å². The zero-order chi connectivity index (χ0) is 22.6. The molecule has 1 saturated heterocycles. The summed E-state index contributed by atoms with van der Waals surface area (Å²) < 4.78 is 5.81. The number of carboxylic acids is 1. The first-order valence-corrected chi connectivity index (χ1v) is 12.7. The van der Waals surface area contributed by atoms with Gasteiger partial charge in [-0.2, -0.15) is 0 Å². The van der Waals surface area contributed by atoms with E-state index in [0.717, 1.165) is 0 Å². The molecule has 0 aromatic heterocycles. The summed E-state index contributed by atoms with van der Waals surface area (Å²) in [6.07, 6.45) is 0.144. The Balaban J connectivity index is 1.71. The molecule has 164 valence electrons. The fraction of sp³-hybridized carbons (Fsp3) is 0.231. The Kier molecular flexibility index (Phi) is 6.57. The van der Waals surface area contributed by atoms with Crippen LogP contribution in [0.2, 0.25) is 0 Å². The number of aliphatic carboxylic acids is 1. The maximum Gasteiger partial charge on any atom is 0.410 e. The topological polar surface area (TPSA) is 66.8 Å². The number of amides is 1. The van der Waals surface area contributed by atoms with Gasteiger partial charge in [0.1, 0.15) is 41.5 Å². The van der Waals surface area contributed by atoms with E-state index in [1.165, 1.54) is 20.8 Å². The summed E-state index contributed by atoms with van der Waals surface area (Å²) in [6.45, 7) is 2.32. The van der Waals surface area contributed by atoms with Crippen molar-refractivity contribution in [1.82, 2.24) is 4.90 Å². The maximum atomic E-state index is 12.7. The Hall–Kier alpha value is -3.17.